The molecule has 0 aromatic rings. The molecule has 0 aromatic carbocycles. The Kier molecular flexibility index (Phi) is 17.9. The molecule has 0 bridgehead atoms. The largest absolute Gasteiger partial charge is 0.346 e. The van der Waals surface area contributed by atoms with Gasteiger partial charge >= 0.3 is 0 Å². The van der Waals surface area contributed by atoms with Crippen LogP contribution in [0.15, 0.2) is 0 Å². The van der Waals surface area contributed by atoms with E-state index in [4.69, 9.17) is 16.3 Å². The highest BCUT2D eigenvalue weighted by Crippen LogP contribution is 2.08. The normalized spacial score (nSPS) is 19.5. The van der Waals surface area contributed by atoms with Crippen LogP contribution in [0.3, 0.4) is 0 Å². The number of sulfone groups is 1. The molecular weight excluding hydrogens is 416 g/mol. The van der Waals surface area contributed by atoms with Gasteiger partial charge in [0.25, 0.3) is 0 Å². The van der Waals surface area contributed by atoms with Gasteiger partial charge in [0.15, 0.2) is 0 Å². The van der Waals surface area contributed by atoms with Crippen molar-refractivity contribution in [2.75, 3.05) is 64.4 Å². The lowest BCUT2D eigenvalue weighted by Gasteiger charge is -2.26. The van der Waals surface area contributed by atoms with Crippen molar-refractivity contribution in [2.45, 2.75) is 51.4 Å². The number of hydrogen-bond acceptors (Lipinski definition) is 8. The Morgan fingerprint density at radius 1 is 1.00 bits per heavy atom. The maximum atomic E-state index is 10.5. The van der Waals surface area contributed by atoms with Crippen LogP contribution in [-0.2, 0) is 14.6 Å². The molecule has 0 aromatic heterocycles. The number of hydrogen-bond donors (Lipinski definition) is 2. The van der Waals surface area contributed by atoms with Gasteiger partial charge in [0.05, 0.1) is 23.6 Å². The van der Waals surface area contributed by atoms with Gasteiger partial charge in [0.2, 0.25) is 5.91 Å². The highest BCUT2D eigenvalue weighted by molar-refractivity contribution is 7.91. The molecule has 3 N–H and O–H groups in total. The highest BCUT2D eigenvalue weighted by atomic mass is 32.2. The van der Waals surface area contributed by atoms with Crippen molar-refractivity contribution in [3.8, 4) is 12.1 Å². The molecule has 3 rings (SSSR count). The molecule has 1 amide bonds. The first-order valence-electron chi connectivity index (χ1n) is 11.2. The molecule has 3 aliphatic heterocycles. The number of nitriles is 2. The second-order valence-corrected chi connectivity index (χ2v) is 9.99. The van der Waals surface area contributed by atoms with E-state index in [0.29, 0.717) is 30.3 Å². The first kappa shape index (κ1) is 29.3. The van der Waals surface area contributed by atoms with Gasteiger partial charge in [-0.2, -0.15) is 10.5 Å². The highest BCUT2D eigenvalue weighted by Gasteiger charge is 2.16. The van der Waals surface area contributed by atoms with Crippen LogP contribution in [0.2, 0.25) is 0 Å². The monoisotopic (exact) mass is 456 g/mol. The molecule has 31 heavy (non-hydrogen) atoms. The Hall–Kier alpha value is -1.72. The third kappa shape index (κ3) is 17.6. The van der Waals surface area contributed by atoms with Gasteiger partial charge in [0, 0.05) is 72.1 Å². The SMILES string of the molecule is CN1CCCC1=O.N#CCCCCC#N.NCCN1CCNCC1.O=S1(=O)CCCC1. The molecule has 3 fully saturated rings. The quantitative estimate of drug-likeness (QED) is 0.580. The Morgan fingerprint density at radius 3 is 1.84 bits per heavy atom. The van der Waals surface area contributed by atoms with Crippen LogP contribution in [-0.4, -0.2) is 88.5 Å². The summed E-state index contributed by atoms with van der Waals surface area (Å²) in [5, 5.41) is 19.4. The molecule has 3 saturated heterocycles. The number of carbonyl (C=O) groups excluding carboxylic acids is 1. The van der Waals surface area contributed by atoms with Crippen LogP contribution in [0.25, 0.3) is 0 Å². The molecule has 3 aliphatic rings. The van der Waals surface area contributed by atoms with E-state index in [1.807, 2.05) is 19.2 Å². The van der Waals surface area contributed by atoms with Gasteiger partial charge in [-0.05, 0) is 32.1 Å². The summed E-state index contributed by atoms with van der Waals surface area (Å²) in [5.41, 5.74) is 5.40. The van der Waals surface area contributed by atoms with Crippen molar-refractivity contribution >= 4 is 15.7 Å². The number of piperazine rings is 1. The second-order valence-electron chi connectivity index (χ2n) is 7.68. The predicted octanol–water partition coefficient (Wildman–Crippen LogP) is 0.878. The lowest BCUT2D eigenvalue weighted by Crippen LogP contribution is -2.45. The van der Waals surface area contributed by atoms with E-state index in [2.05, 4.69) is 10.2 Å². The zero-order chi connectivity index (χ0) is 23.4. The molecule has 0 radical (unpaired) electrons. The van der Waals surface area contributed by atoms with E-state index >= 15 is 0 Å². The van der Waals surface area contributed by atoms with Gasteiger partial charge in [-0.1, -0.05) is 0 Å². The van der Waals surface area contributed by atoms with Crippen molar-refractivity contribution in [1.82, 2.24) is 15.1 Å². The van der Waals surface area contributed by atoms with E-state index in [-0.39, 0.29) is 0 Å². The number of nitrogens with zero attached hydrogens (tertiary/aromatic N) is 4. The van der Waals surface area contributed by atoms with Crippen LogP contribution in [0.4, 0.5) is 0 Å². The zero-order valence-corrected chi connectivity index (χ0v) is 19.8. The lowest BCUT2D eigenvalue weighted by molar-refractivity contribution is -0.126. The van der Waals surface area contributed by atoms with Crippen molar-refractivity contribution in [3.63, 3.8) is 0 Å². The van der Waals surface area contributed by atoms with Crippen molar-refractivity contribution < 1.29 is 13.2 Å². The summed E-state index contributed by atoms with van der Waals surface area (Å²) in [4.78, 5) is 14.6. The van der Waals surface area contributed by atoms with Crippen LogP contribution in [0, 0.1) is 22.7 Å². The summed E-state index contributed by atoms with van der Waals surface area (Å²) in [7, 11) is -0.704. The van der Waals surface area contributed by atoms with E-state index < -0.39 is 9.84 Å². The molecule has 0 unspecified atom stereocenters. The Bertz CT molecular complexity index is 620. The summed E-state index contributed by atoms with van der Waals surface area (Å²) in [5.74, 6) is 1.14. The van der Waals surface area contributed by atoms with Gasteiger partial charge in [-0.15, -0.1) is 0 Å². The summed E-state index contributed by atoms with van der Waals surface area (Å²) >= 11 is 0. The standard InChI is InChI=1S/C6H15N3.C6H8N2.C5H9NO.C4H8O2S/c7-1-4-9-5-2-8-3-6-9;7-5-3-1-2-4-6-8;1-6-4-2-3-5(6)7;5-7(6)3-1-2-4-7/h8H,1-7H2;1-4H2;2-4H2,1H3;1-4H2. The summed E-state index contributed by atoms with van der Waals surface area (Å²) in [6, 6.07) is 4.03. The van der Waals surface area contributed by atoms with E-state index in [0.717, 1.165) is 84.3 Å². The maximum Gasteiger partial charge on any atom is 0.222 e. The van der Waals surface area contributed by atoms with Crippen LogP contribution < -0.4 is 11.1 Å². The second kappa shape index (κ2) is 19.0. The number of carbonyl (C=O) groups is 1. The van der Waals surface area contributed by atoms with Gasteiger partial charge in [0.1, 0.15) is 9.84 Å². The van der Waals surface area contributed by atoms with Crippen LogP contribution in [0.5, 0.6) is 0 Å². The van der Waals surface area contributed by atoms with Crippen LogP contribution in [0.1, 0.15) is 51.4 Å². The topological polar surface area (TPSA) is 143 Å². The predicted molar refractivity (Wildman–Crippen MR) is 123 cm³/mol. The first-order chi connectivity index (χ1) is 14.9. The molecule has 178 valence electrons. The fraction of sp³-hybridized carbons (Fsp3) is 0.857. The summed E-state index contributed by atoms with van der Waals surface area (Å²) < 4.78 is 20.9. The smallest absolute Gasteiger partial charge is 0.222 e. The molecule has 3 heterocycles. The zero-order valence-electron chi connectivity index (χ0n) is 19.0. The number of rotatable bonds is 5. The van der Waals surface area contributed by atoms with Gasteiger partial charge < -0.3 is 16.0 Å². The van der Waals surface area contributed by atoms with E-state index in [1.54, 1.807) is 4.90 Å². The Labute approximate surface area is 188 Å². The number of unbranched alkanes of at least 4 members (excludes halogenated alkanes) is 3. The van der Waals surface area contributed by atoms with E-state index in [1.165, 1.54) is 0 Å². The number of likely N-dealkylation sites (tertiary alicyclic amines) is 1. The summed E-state index contributed by atoms with van der Waals surface area (Å²) in [6.45, 7) is 7.38. The minimum atomic E-state index is -2.55. The fourth-order valence-electron chi connectivity index (χ4n) is 3.05. The molecular formula is C21H40N6O3S. The molecule has 0 aliphatic carbocycles. The number of amides is 1. The van der Waals surface area contributed by atoms with Crippen molar-refractivity contribution in [1.29, 1.82) is 10.5 Å². The molecule has 10 heteroatoms. The molecule has 9 nitrogen and oxygen atoms in total. The average Bonchev–Trinajstić information content (AvgIpc) is 3.34. The molecule has 0 saturated carbocycles. The Balaban J connectivity index is 0.000000389. The third-order valence-corrected chi connectivity index (χ3v) is 6.77. The van der Waals surface area contributed by atoms with Crippen molar-refractivity contribution in [3.05, 3.63) is 0 Å². The minimum Gasteiger partial charge on any atom is -0.346 e. The minimum absolute atomic E-state index is 0.292. The first-order valence-corrected chi connectivity index (χ1v) is 13.0. The Morgan fingerprint density at radius 2 is 1.55 bits per heavy atom. The summed E-state index contributed by atoms with van der Waals surface area (Å²) in [6.07, 6.45) is 6.47. The van der Waals surface area contributed by atoms with Crippen LogP contribution >= 0.6 is 0 Å². The van der Waals surface area contributed by atoms with Crippen molar-refractivity contribution in [2.24, 2.45) is 5.73 Å². The van der Waals surface area contributed by atoms with E-state index in [9.17, 15) is 13.2 Å². The molecule has 0 spiro atoms. The third-order valence-electron chi connectivity index (χ3n) is 4.95. The van der Waals surface area contributed by atoms with Gasteiger partial charge in [-0.3, -0.25) is 9.69 Å². The lowest BCUT2D eigenvalue weighted by atomic mass is 10.2. The fourth-order valence-corrected chi connectivity index (χ4v) is 4.55. The average molecular weight is 457 g/mol. The molecule has 0 atom stereocenters. The maximum absolute atomic E-state index is 10.5. The number of nitrogens with one attached hydrogen (secondary N) is 1. The number of nitrogens with two attached hydrogens (primary N) is 1. The van der Waals surface area contributed by atoms with Gasteiger partial charge in [-0.25, -0.2) is 8.42 Å².